The van der Waals surface area contributed by atoms with Crippen LogP contribution in [0.2, 0.25) is 0 Å². The van der Waals surface area contributed by atoms with Crippen molar-refractivity contribution in [1.82, 2.24) is 9.88 Å². The van der Waals surface area contributed by atoms with Gasteiger partial charge in [0.2, 0.25) is 5.91 Å². The van der Waals surface area contributed by atoms with Crippen molar-refractivity contribution in [3.8, 4) is 0 Å². The molecule has 2 amide bonds. The number of aromatic nitrogens is 1. The average molecular weight is 396 g/mol. The number of nitrogens with zero attached hydrogens (tertiary/aromatic N) is 1. The Morgan fingerprint density at radius 3 is 2.41 bits per heavy atom. The molecule has 0 bridgehead atoms. The summed E-state index contributed by atoms with van der Waals surface area (Å²) in [7, 11) is 0. The molecule has 1 aliphatic heterocycles. The monoisotopic (exact) mass is 396 g/mol. The highest BCUT2D eigenvalue weighted by molar-refractivity contribution is 6.06. The third-order valence-electron chi connectivity index (χ3n) is 4.72. The number of carbonyl (C=O) groups is 2. The minimum atomic E-state index is -0.352. The molecular formula is C21H21FN4O3. The first-order valence-electron chi connectivity index (χ1n) is 9.36. The number of benzene rings is 2. The van der Waals surface area contributed by atoms with Crippen molar-refractivity contribution in [2.45, 2.75) is 0 Å². The third-order valence-corrected chi connectivity index (χ3v) is 4.72. The van der Waals surface area contributed by atoms with Crippen molar-refractivity contribution in [3.05, 3.63) is 60.0 Å². The standard InChI is InChI=1S/C21H21FN4O3/c22-15-1-6-18-14(11-15)12-19(25-18)21(28)24-17-4-2-16(3-5-17)23-20(27)13-26-7-9-29-10-8-26/h1-6,11-12,25H,7-10,13H2,(H,23,27)(H,24,28). The molecule has 7 nitrogen and oxygen atoms in total. The van der Waals surface area contributed by atoms with Crippen LogP contribution in [0.5, 0.6) is 0 Å². The number of hydrogen-bond donors (Lipinski definition) is 3. The van der Waals surface area contributed by atoms with Gasteiger partial charge in [-0.2, -0.15) is 0 Å². The molecular weight excluding hydrogens is 375 g/mol. The van der Waals surface area contributed by atoms with Gasteiger partial charge in [-0.15, -0.1) is 0 Å². The summed E-state index contributed by atoms with van der Waals surface area (Å²) in [4.78, 5) is 29.6. The fourth-order valence-corrected chi connectivity index (χ4v) is 3.22. The summed E-state index contributed by atoms with van der Waals surface area (Å²) in [5.41, 5.74) is 2.27. The van der Waals surface area contributed by atoms with Gasteiger partial charge in [-0.25, -0.2) is 4.39 Å². The number of rotatable bonds is 5. The molecule has 0 spiro atoms. The van der Waals surface area contributed by atoms with E-state index in [-0.39, 0.29) is 17.6 Å². The Morgan fingerprint density at radius 1 is 1.00 bits per heavy atom. The van der Waals surface area contributed by atoms with Crippen molar-refractivity contribution in [2.75, 3.05) is 43.5 Å². The van der Waals surface area contributed by atoms with Gasteiger partial charge < -0.3 is 20.4 Å². The zero-order chi connectivity index (χ0) is 20.2. The maximum absolute atomic E-state index is 13.3. The Kier molecular flexibility index (Phi) is 5.55. The van der Waals surface area contributed by atoms with Crippen LogP contribution in [0.15, 0.2) is 48.5 Å². The number of hydrogen-bond acceptors (Lipinski definition) is 4. The lowest BCUT2D eigenvalue weighted by atomic mass is 10.2. The van der Waals surface area contributed by atoms with E-state index in [1.165, 1.54) is 12.1 Å². The van der Waals surface area contributed by atoms with Gasteiger partial charge in [-0.3, -0.25) is 14.5 Å². The van der Waals surface area contributed by atoms with Crippen molar-refractivity contribution in [1.29, 1.82) is 0 Å². The van der Waals surface area contributed by atoms with Crippen LogP contribution in [0.4, 0.5) is 15.8 Å². The summed E-state index contributed by atoms with van der Waals surface area (Å²) >= 11 is 0. The van der Waals surface area contributed by atoms with E-state index in [0.29, 0.717) is 47.7 Å². The zero-order valence-corrected chi connectivity index (χ0v) is 15.7. The van der Waals surface area contributed by atoms with Gasteiger partial charge >= 0.3 is 0 Å². The first-order chi connectivity index (χ1) is 14.1. The second-order valence-corrected chi connectivity index (χ2v) is 6.88. The van der Waals surface area contributed by atoms with Crippen LogP contribution < -0.4 is 10.6 Å². The van der Waals surface area contributed by atoms with E-state index in [0.717, 1.165) is 13.1 Å². The van der Waals surface area contributed by atoms with Crippen LogP contribution in [0.1, 0.15) is 10.5 Å². The Balaban J connectivity index is 1.34. The fraction of sp³-hybridized carbons (Fsp3) is 0.238. The lowest BCUT2D eigenvalue weighted by Crippen LogP contribution is -2.41. The van der Waals surface area contributed by atoms with Gasteiger partial charge in [0.15, 0.2) is 0 Å². The smallest absolute Gasteiger partial charge is 0.272 e. The van der Waals surface area contributed by atoms with E-state index in [1.54, 1.807) is 36.4 Å². The summed E-state index contributed by atoms with van der Waals surface area (Å²) < 4.78 is 18.6. The van der Waals surface area contributed by atoms with Gasteiger partial charge in [0.1, 0.15) is 11.5 Å². The normalized spacial score (nSPS) is 14.7. The quantitative estimate of drug-likeness (QED) is 0.619. The first-order valence-corrected chi connectivity index (χ1v) is 9.36. The van der Waals surface area contributed by atoms with E-state index in [4.69, 9.17) is 4.74 Å². The second kappa shape index (κ2) is 8.42. The zero-order valence-electron chi connectivity index (χ0n) is 15.7. The van der Waals surface area contributed by atoms with Crippen molar-refractivity contribution in [2.24, 2.45) is 0 Å². The largest absolute Gasteiger partial charge is 0.379 e. The highest BCUT2D eigenvalue weighted by Crippen LogP contribution is 2.19. The molecule has 3 N–H and O–H groups in total. The lowest BCUT2D eigenvalue weighted by Gasteiger charge is -2.25. The minimum absolute atomic E-state index is 0.0889. The summed E-state index contributed by atoms with van der Waals surface area (Å²) in [5.74, 6) is -0.769. The minimum Gasteiger partial charge on any atom is -0.379 e. The first kappa shape index (κ1) is 19.1. The van der Waals surface area contributed by atoms with Gasteiger partial charge in [0.25, 0.3) is 5.91 Å². The highest BCUT2D eigenvalue weighted by Gasteiger charge is 2.14. The molecule has 8 heteroatoms. The van der Waals surface area contributed by atoms with Crippen LogP contribution in [0.25, 0.3) is 10.9 Å². The summed E-state index contributed by atoms with van der Waals surface area (Å²) in [6.45, 7) is 3.11. The number of morpholine rings is 1. The number of anilines is 2. The number of halogens is 1. The lowest BCUT2D eigenvalue weighted by molar-refractivity contribution is -0.118. The Labute approximate surface area is 166 Å². The predicted octanol–water partition coefficient (Wildman–Crippen LogP) is 2.83. The van der Waals surface area contributed by atoms with E-state index < -0.39 is 0 Å². The van der Waals surface area contributed by atoms with Gasteiger partial charge in [-0.05, 0) is 48.5 Å². The van der Waals surface area contributed by atoms with E-state index >= 15 is 0 Å². The molecule has 3 aromatic rings. The Bertz CT molecular complexity index is 1030. The maximum Gasteiger partial charge on any atom is 0.272 e. The Morgan fingerprint density at radius 2 is 1.69 bits per heavy atom. The molecule has 0 unspecified atom stereocenters. The Hall–Kier alpha value is -3.23. The van der Waals surface area contributed by atoms with Gasteiger partial charge in [-0.1, -0.05) is 0 Å². The molecule has 4 rings (SSSR count). The summed E-state index contributed by atoms with van der Waals surface area (Å²) in [6.07, 6.45) is 0. The van der Waals surface area contributed by atoms with E-state index in [9.17, 15) is 14.0 Å². The highest BCUT2D eigenvalue weighted by atomic mass is 19.1. The number of aromatic amines is 1. The molecule has 0 saturated carbocycles. The van der Waals surface area contributed by atoms with Crippen LogP contribution >= 0.6 is 0 Å². The number of amides is 2. The van der Waals surface area contributed by atoms with Crippen LogP contribution in [0, 0.1) is 5.82 Å². The number of H-pyrrole nitrogens is 1. The average Bonchev–Trinajstić information content (AvgIpc) is 3.13. The molecule has 1 fully saturated rings. The molecule has 1 saturated heterocycles. The van der Waals surface area contributed by atoms with E-state index in [1.807, 2.05) is 4.90 Å². The molecule has 1 aliphatic rings. The molecule has 1 aromatic heterocycles. The predicted molar refractivity (Wildman–Crippen MR) is 109 cm³/mol. The molecule has 0 aliphatic carbocycles. The molecule has 0 radical (unpaired) electrons. The van der Waals surface area contributed by atoms with Crippen LogP contribution in [0.3, 0.4) is 0 Å². The molecule has 2 aromatic carbocycles. The van der Waals surface area contributed by atoms with Gasteiger partial charge in [0, 0.05) is 35.4 Å². The summed E-state index contributed by atoms with van der Waals surface area (Å²) in [5, 5.41) is 6.26. The number of carbonyl (C=O) groups excluding carboxylic acids is 2. The number of fused-ring (bicyclic) bond motifs is 1. The third kappa shape index (κ3) is 4.79. The molecule has 150 valence electrons. The SMILES string of the molecule is O=C(CN1CCOCC1)Nc1ccc(NC(=O)c2cc3cc(F)ccc3[nH]2)cc1. The van der Waals surface area contributed by atoms with E-state index in [2.05, 4.69) is 15.6 Å². The molecule has 2 heterocycles. The topological polar surface area (TPSA) is 86.5 Å². The second-order valence-electron chi connectivity index (χ2n) is 6.88. The molecule has 0 atom stereocenters. The maximum atomic E-state index is 13.3. The van der Waals surface area contributed by atoms with Crippen LogP contribution in [-0.4, -0.2) is 54.5 Å². The molecule has 29 heavy (non-hydrogen) atoms. The van der Waals surface area contributed by atoms with Crippen molar-refractivity contribution < 1.29 is 18.7 Å². The van der Waals surface area contributed by atoms with Gasteiger partial charge in [0.05, 0.1) is 19.8 Å². The fourth-order valence-electron chi connectivity index (χ4n) is 3.22. The number of nitrogens with one attached hydrogen (secondary N) is 3. The summed E-state index contributed by atoms with van der Waals surface area (Å²) in [6, 6.07) is 12.8. The van der Waals surface area contributed by atoms with Crippen molar-refractivity contribution in [3.63, 3.8) is 0 Å². The van der Waals surface area contributed by atoms with Crippen LogP contribution in [-0.2, 0) is 9.53 Å². The number of ether oxygens (including phenoxy) is 1. The van der Waals surface area contributed by atoms with Crippen molar-refractivity contribution >= 4 is 34.1 Å².